The van der Waals surface area contributed by atoms with Gasteiger partial charge in [0.25, 0.3) is 0 Å². The van der Waals surface area contributed by atoms with E-state index in [0.717, 1.165) is 59.7 Å². The molecule has 1 N–H and O–H groups in total. The van der Waals surface area contributed by atoms with E-state index in [-0.39, 0.29) is 72.3 Å². The topological polar surface area (TPSA) is 67.1 Å². The van der Waals surface area contributed by atoms with Gasteiger partial charge in [-0.3, -0.25) is 0 Å². The number of hydrogen-bond donors (Lipinski definition) is 1. The lowest BCUT2D eigenvalue weighted by molar-refractivity contribution is 0.484. The summed E-state index contributed by atoms with van der Waals surface area (Å²) in [5, 5.41) is 15.0. The molecule has 16 heteroatoms. The van der Waals surface area contributed by atoms with Crippen molar-refractivity contribution in [2.75, 3.05) is 11.9 Å². The minimum absolute atomic E-state index is 0.000978. The zero-order chi connectivity index (χ0) is 43.3. The monoisotopic (exact) mass is 791 g/mol. The van der Waals surface area contributed by atoms with E-state index < -0.39 is 0 Å². The lowest BCUT2D eigenvalue weighted by Crippen LogP contribution is -2.55. The molecule has 6 nitrogen and oxygen atoms in total. The first kappa shape index (κ1) is 39.9. The van der Waals surface area contributed by atoms with Crippen molar-refractivity contribution in [3.05, 3.63) is 109 Å². The second kappa shape index (κ2) is 15.0. The van der Waals surface area contributed by atoms with E-state index in [4.69, 9.17) is 85.6 Å². The molecule has 270 valence electrons. The first-order chi connectivity index (χ1) is 29.8. The molecular weight excluding hydrogens is 768 g/mol. The molecule has 0 atom stereocenters. The first-order valence-corrected chi connectivity index (χ1v) is 20.2. The molecule has 0 aliphatic heterocycles. The van der Waals surface area contributed by atoms with Crippen molar-refractivity contribution in [2.45, 2.75) is 0 Å². The molecule has 0 aliphatic rings. The summed E-state index contributed by atoms with van der Waals surface area (Å²) in [4.78, 5) is 16.9. The van der Waals surface area contributed by atoms with Crippen LogP contribution < -0.4 is 54.1 Å². The molecule has 0 fully saturated rings. The van der Waals surface area contributed by atoms with Crippen LogP contribution in [0.25, 0.3) is 81.6 Å². The molecule has 7 aromatic carbocycles. The van der Waals surface area contributed by atoms with Crippen molar-refractivity contribution in [3.63, 3.8) is 0 Å². The van der Waals surface area contributed by atoms with E-state index >= 15 is 0 Å². The summed E-state index contributed by atoms with van der Waals surface area (Å²) >= 11 is 1.71. The third kappa shape index (κ3) is 6.09. The zero-order valence-corrected chi connectivity index (χ0v) is 34.0. The maximum atomic E-state index is 11.0. The molecule has 0 spiro atoms. The summed E-state index contributed by atoms with van der Waals surface area (Å²) in [6.07, 6.45) is 0. The Kier molecular flexibility index (Phi) is 9.63. The number of rotatable bonds is 6. The lowest BCUT2D eigenvalue weighted by Gasteiger charge is -2.24. The molecule has 0 amide bonds. The van der Waals surface area contributed by atoms with Gasteiger partial charge in [-0.15, -0.1) is 33.2 Å². The van der Waals surface area contributed by atoms with Gasteiger partial charge in [0.1, 0.15) is 76.4 Å². The predicted octanol–water partition coefficient (Wildman–Crippen LogP) is 0.955. The van der Waals surface area contributed by atoms with E-state index in [1.54, 1.807) is 11.3 Å². The van der Waals surface area contributed by atoms with Gasteiger partial charge < -0.3 is 14.6 Å². The molecule has 62 heavy (non-hydrogen) atoms. The summed E-state index contributed by atoms with van der Waals surface area (Å²) in [6.45, 7) is 0. The Hall–Kier alpha value is -6.25. The third-order valence-electron chi connectivity index (χ3n) is 11.6. The quantitative estimate of drug-likeness (QED) is 0.255. The highest BCUT2D eigenvalue weighted by Crippen LogP contribution is 2.40. The first-order valence-electron chi connectivity index (χ1n) is 19.3. The lowest BCUT2D eigenvalue weighted by atomic mass is 9.60. The number of anilines is 2. The van der Waals surface area contributed by atoms with Gasteiger partial charge >= 0.3 is 0 Å². The maximum absolute atomic E-state index is 11.0. The maximum Gasteiger partial charge on any atom is 0.233 e. The van der Waals surface area contributed by atoms with Crippen LogP contribution in [0.3, 0.4) is 0 Å². The van der Waals surface area contributed by atoms with Crippen LogP contribution in [-0.2, 0) is 0 Å². The van der Waals surface area contributed by atoms with Crippen molar-refractivity contribution < 1.29 is 5.11 Å². The number of aromatic hydroxyl groups is 1. The molecule has 0 aliphatic carbocycles. The molecule has 0 unspecified atom stereocenters. The van der Waals surface area contributed by atoms with Crippen molar-refractivity contribution in [2.24, 2.45) is 0 Å². The van der Waals surface area contributed by atoms with Crippen LogP contribution in [-0.4, -0.2) is 102 Å². The van der Waals surface area contributed by atoms with Gasteiger partial charge in [-0.25, -0.2) is 4.98 Å². The Morgan fingerprint density at radius 3 is 1.87 bits per heavy atom. The second-order valence-corrected chi connectivity index (χ2v) is 16.1. The predicted molar refractivity (Wildman–Crippen MR) is 268 cm³/mol. The number of hydrogen-bond acceptors (Lipinski definition) is 6. The molecule has 10 aromatic rings. The fourth-order valence-electron chi connectivity index (χ4n) is 8.25. The standard InChI is InChI=1S/C46H22B9N5OS/c1-59(27-11-5-2-8-22(27)20-14-16-24-23-9-3-6-12-28(23)60(29(24)19-20)42-39(53)38(52)40(54)43(61)41(42)55)46-57-44(21-15-17-31-26(18-21)25-10-4-7-13-30(25)62-31)56-45(58-46)32-33(47)35(49)37(51)36(50)34(32)48/h2-19,61H,1H3. The van der Waals surface area contributed by atoms with Gasteiger partial charge in [0.05, 0.1) is 16.7 Å². The largest absolute Gasteiger partial charge is 0.509 e. The number of aromatic nitrogens is 4. The van der Waals surface area contributed by atoms with Crippen LogP contribution in [0, 0.1) is 0 Å². The molecule has 10 rings (SSSR count). The fourth-order valence-corrected chi connectivity index (χ4v) is 9.34. The van der Waals surface area contributed by atoms with E-state index in [0.29, 0.717) is 11.5 Å². The van der Waals surface area contributed by atoms with Crippen LogP contribution >= 0.6 is 11.3 Å². The van der Waals surface area contributed by atoms with Crippen LogP contribution in [0.5, 0.6) is 5.75 Å². The second-order valence-electron chi connectivity index (χ2n) is 15.0. The van der Waals surface area contributed by atoms with Gasteiger partial charge in [0.2, 0.25) is 5.95 Å². The van der Waals surface area contributed by atoms with Crippen molar-refractivity contribution in [1.29, 1.82) is 0 Å². The number of phenols is 1. The number of phenolic OH excluding ortho intramolecular Hbond substituents is 1. The SMILES string of the molecule is [B]c1c([B])c([B])c(-c2nc(-c3ccc4sc5ccccc5c4c3)nc(N(C)c3ccccc3-c3ccc4c5ccccc5n(-c5c([B])c([B])c([B])c(O)c5[B])c4c3)n2)c([B])c1[B]. The number of thiophene rings is 1. The summed E-state index contributed by atoms with van der Waals surface area (Å²) in [5.41, 5.74) is 5.82. The molecular formula is C46H22B9N5OS. The van der Waals surface area contributed by atoms with Crippen LogP contribution in [0.4, 0.5) is 11.6 Å². The van der Waals surface area contributed by atoms with Crippen LogP contribution in [0.2, 0.25) is 0 Å². The Morgan fingerprint density at radius 1 is 0.500 bits per heavy atom. The number of fused-ring (bicyclic) bond motifs is 6. The molecule has 0 saturated heterocycles. The van der Waals surface area contributed by atoms with Crippen LogP contribution in [0.1, 0.15) is 0 Å². The average molecular weight is 790 g/mol. The van der Waals surface area contributed by atoms with Gasteiger partial charge in [0.15, 0.2) is 11.6 Å². The Labute approximate surface area is 373 Å². The smallest absolute Gasteiger partial charge is 0.233 e. The highest BCUT2D eigenvalue weighted by molar-refractivity contribution is 7.25. The van der Waals surface area contributed by atoms with Crippen molar-refractivity contribution in [3.8, 4) is 45.3 Å². The normalized spacial score (nSPS) is 11.6. The van der Waals surface area contributed by atoms with E-state index in [1.165, 1.54) is 4.70 Å². The third-order valence-corrected chi connectivity index (χ3v) is 12.7. The molecule has 0 saturated carbocycles. The Morgan fingerprint density at radius 2 is 1.10 bits per heavy atom. The van der Waals surface area contributed by atoms with E-state index in [1.807, 2.05) is 101 Å². The molecule has 3 heterocycles. The van der Waals surface area contributed by atoms with Gasteiger partial charge in [-0.2, -0.15) is 9.97 Å². The molecule has 3 aromatic heterocycles. The van der Waals surface area contributed by atoms with Crippen molar-refractivity contribution in [1.82, 2.24) is 19.5 Å². The minimum atomic E-state index is -0.340. The van der Waals surface area contributed by atoms with Crippen LogP contribution in [0.15, 0.2) is 109 Å². The van der Waals surface area contributed by atoms with Crippen molar-refractivity contribution >= 4 is 185 Å². The number of nitrogens with zero attached hydrogens (tertiary/aromatic N) is 5. The minimum Gasteiger partial charge on any atom is -0.509 e. The van der Waals surface area contributed by atoms with Gasteiger partial charge in [0, 0.05) is 60.4 Å². The van der Waals surface area contributed by atoms with Gasteiger partial charge in [-0.05, 0) is 53.5 Å². The zero-order valence-electron chi connectivity index (χ0n) is 33.2. The Bertz CT molecular complexity index is 3480. The summed E-state index contributed by atoms with van der Waals surface area (Å²) in [5.74, 6) is 0.467. The summed E-state index contributed by atoms with van der Waals surface area (Å²) in [7, 11) is 59.6. The summed E-state index contributed by atoms with van der Waals surface area (Å²) < 4.78 is 4.20. The average Bonchev–Trinajstić information content (AvgIpc) is 3.83. The fraction of sp³-hybridized carbons (Fsp3) is 0.0217. The summed E-state index contributed by atoms with van der Waals surface area (Å²) in [6, 6.07) is 36.2. The van der Waals surface area contributed by atoms with Gasteiger partial charge in [-0.1, -0.05) is 88.6 Å². The highest BCUT2D eigenvalue weighted by Gasteiger charge is 2.23. The van der Waals surface area contributed by atoms with E-state index in [9.17, 15) is 5.11 Å². The molecule has 18 radical (unpaired) electrons. The highest BCUT2D eigenvalue weighted by atomic mass is 32.1. The van der Waals surface area contributed by atoms with E-state index in [2.05, 4.69) is 24.3 Å². The Balaban J connectivity index is 1.18. The number of benzene rings is 7. The molecule has 0 bridgehead atoms. The number of para-hydroxylation sites is 2.